The van der Waals surface area contributed by atoms with Crippen LogP contribution in [0.15, 0.2) is 0 Å². The topological polar surface area (TPSA) is 81.7 Å². The minimum atomic E-state index is -0.788. The van der Waals surface area contributed by atoms with E-state index in [9.17, 15) is 9.59 Å². The first-order chi connectivity index (χ1) is 9.58. The Hall–Kier alpha value is -1.30. The molecule has 1 aliphatic rings. The van der Waals surface area contributed by atoms with E-state index in [0.717, 1.165) is 13.0 Å². The zero-order chi connectivity index (χ0) is 14.8. The van der Waals surface area contributed by atoms with Crippen LogP contribution >= 0.6 is 0 Å². The first-order valence-electron chi connectivity index (χ1n) is 7.56. The van der Waals surface area contributed by atoms with Crippen molar-refractivity contribution in [1.29, 1.82) is 0 Å². The van der Waals surface area contributed by atoms with E-state index in [-0.39, 0.29) is 18.5 Å². The van der Waals surface area contributed by atoms with Gasteiger partial charge in [0.15, 0.2) is 0 Å². The van der Waals surface area contributed by atoms with Crippen LogP contribution < -0.4 is 10.6 Å². The predicted octanol–water partition coefficient (Wildman–Crippen LogP) is 1.41. The lowest BCUT2D eigenvalue weighted by Crippen LogP contribution is -2.41. The normalized spacial score (nSPS) is 16.9. The van der Waals surface area contributed by atoms with E-state index in [1.54, 1.807) is 0 Å². The number of carbonyl (C=O) groups excluding carboxylic acids is 1. The van der Waals surface area contributed by atoms with Gasteiger partial charge in [-0.05, 0) is 58.7 Å². The number of carboxylic acid groups (broad SMARTS) is 1. The van der Waals surface area contributed by atoms with Gasteiger partial charge in [0, 0.05) is 19.0 Å². The molecule has 6 nitrogen and oxygen atoms in total. The molecular formula is C14H27N3O3. The highest BCUT2D eigenvalue weighted by atomic mass is 16.4. The molecule has 0 spiro atoms. The first-order valence-corrected chi connectivity index (χ1v) is 7.56. The Morgan fingerprint density at radius 1 is 1.25 bits per heavy atom. The van der Waals surface area contributed by atoms with Crippen LogP contribution in [0, 0.1) is 0 Å². The fourth-order valence-corrected chi connectivity index (χ4v) is 2.42. The van der Waals surface area contributed by atoms with Crippen LogP contribution in [-0.4, -0.2) is 54.2 Å². The number of carboxylic acids is 1. The first kappa shape index (κ1) is 16.8. The van der Waals surface area contributed by atoms with Crippen molar-refractivity contribution in [3.8, 4) is 0 Å². The van der Waals surface area contributed by atoms with E-state index in [4.69, 9.17) is 5.11 Å². The number of urea groups is 1. The Bertz CT molecular complexity index is 304. The van der Waals surface area contributed by atoms with Gasteiger partial charge in [-0.25, -0.2) is 4.79 Å². The van der Waals surface area contributed by atoms with E-state index in [0.29, 0.717) is 19.4 Å². The number of likely N-dealkylation sites (tertiary alicyclic amines) is 1. The number of nitrogens with one attached hydrogen (secondary N) is 2. The summed E-state index contributed by atoms with van der Waals surface area (Å²) in [6.45, 7) is 6.00. The fraction of sp³-hybridized carbons (Fsp3) is 0.857. The summed E-state index contributed by atoms with van der Waals surface area (Å²) in [6, 6.07) is -0.151. The van der Waals surface area contributed by atoms with Gasteiger partial charge < -0.3 is 20.6 Å². The van der Waals surface area contributed by atoms with Gasteiger partial charge in [-0.15, -0.1) is 0 Å². The van der Waals surface area contributed by atoms with Crippen molar-refractivity contribution in [2.75, 3.05) is 26.2 Å². The lowest BCUT2D eigenvalue weighted by molar-refractivity contribution is -0.137. The second kappa shape index (κ2) is 9.58. The largest absolute Gasteiger partial charge is 0.481 e. The molecule has 20 heavy (non-hydrogen) atoms. The molecule has 6 heteroatoms. The quantitative estimate of drug-likeness (QED) is 0.560. The number of rotatable bonds is 9. The van der Waals surface area contributed by atoms with Crippen LogP contribution in [0.3, 0.4) is 0 Å². The van der Waals surface area contributed by atoms with E-state index < -0.39 is 5.97 Å². The van der Waals surface area contributed by atoms with Crippen molar-refractivity contribution in [3.05, 3.63) is 0 Å². The summed E-state index contributed by atoms with van der Waals surface area (Å²) in [5, 5.41) is 14.2. The third-order valence-electron chi connectivity index (χ3n) is 3.54. The number of hydrogen-bond acceptors (Lipinski definition) is 3. The maximum atomic E-state index is 11.6. The molecule has 1 saturated heterocycles. The highest BCUT2D eigenvalue weighted by Crippen LogP contribution is 2.06. The van der Waals surface area contributed by atoms with E-state index in [1.165, 1.54) is 25.9 Å². The molecule has 0 radical (unpaired) electrons. The Balaban J connectivity index is 1.97. The average molecular weight is 285 g/mol. The van der Waals surface area contributed by atoms with Crippen molar-refractivity contribution in [2.45, 2.75) is 51.5 Å². The molecular weight excluding hydrogens is 258 g/mol. The fourth-order valence-electron chi connectivity index (χ4n) is 2.42. The third-order valence-corrected chi connectivity index (χ3v) is 3.54. The smallest absolute Gasteiger partial charge is 0.314 e. The molecule has 0 aromatic rings. The summed E-state index contributed by atoms with van der Waals surface area (Å²) in [4.78, 5) is 24.4. The number of nitrogens with zero attached hydrogens (tertiary/aromatic N) is 1. The van der Waals surface area contributed by atoms with Crippen molar-refractivity contribution in [3.63, 3.8) is 0 Å². The Labute approximate surface area is 120 Å². The highest BCUT2D eigenvalue weighted by Gasteiger charge is 2.11. The van der Waals surface area contributed by atoms with Gasteiger partial charge >= 0.3 is 12.0 Å². The highest BCUT2D eigenvalue weighted by molar-refractivity contribution is 5.74. The second-order valence-corrected chi connectivity index (χ2v) is 5.49. The lowest BCUT2D eigenvalue weighted by Gasteiger charge is -2.16. The number of aliphatic carboxylic acids is 1. The molecule has 0 bridgehead atoms. The van der Waals surface area contributed by atoms with Crippen LogP contribution in [0.2, 0.25) is 0 Å². The molecule has 0 aromatic heterocycles. The van der Waals surface area contributed by atoms with Gasteiger partial charge in [0.25, 0.3) is 0 Å². The van der Waals surface area contributed by atoms with E-state index in [1.807, 2.05) is 6.92 Å². The van der Waals surface area contributed by atoms with E-state index in [2.05, 4.69) is 15.5 Å². The maximum Gasteiger partial charge on any atom is 0.314 e. The van der Waals surface area contributed by atoms with Gasteiger partial charge in [0.05, 0.1) is 0 Å². The van der Waals surface area contributed by atoms with Crippen molar-refractivity contribution in [2.24, 2.45) is 0 Å². The number of hydrogen-bond donors (Lipinski definition) is 3. The van der Waals surface area contributed by atoms with Gasteiger partial charge in [-0.3, -0.25) is 4.79 Å². The van der Waals surface area contributed by atoms with Gasteiger partial charge in [0.2, 0.25) is 0 Å². The van der Waals surface area contributed by atoms with Crippen LogP contribution in [0.4, 0.5) is 4.79 Å². The SMILES string of the molecule is CC(CCCC(=O)O)NC(=O)NCCCN1CCCC1. The van der Waals surface area contributed by atoms with Crippen LogP contribution in [0.25, 0.3) is 0 Å². The lowest BCUT2D eigenvalue weighted by atomic mass is 10.1. The molecule has 0 aliphatic carbocycles. The number of amides is 2. The number of carbonyl (C=O) groups is 2. The third kappa shape index (κ3) is 7.99. The molecule has 0 saturated carbocycles. The molecule has 2 amide bonds. The van der Waals surface area contributed by atoms with Gasteiger partial charge in [0.1, 0.15) is 0 Å². The standard InChI is InChI=1S/C14H27N3O3/c1-12(6-4-7-13(18)19)16-14(20)15-8-5-11-17-9-2-3-10-17/h12H,2-11H2,1H3,(H,18,19)(H2,15,16,20). The Morgan fingerprint density at radius 3 is 2.60 bits per heavy atom. The zero-order valence-electron chi connectivity index (χ0n) is 12.4. The van der Waals surface area contributed by atoms with E-state index >= 15 is 0 Å². The molecule has 1 unspecified atom stereocenters. The minimum absolute atomic E-state index is 0.00734. The summed E-state index contributed by atoms with van der Waals surface area (Å²) in [6.07, 6.45) is 4.99. The molecule has 3 N–H and O–H groups in total. The van der Waals surface area contributed by atoms with Gasteiger partial charge in [-0.1, -0.05) is 0 Å². The summed E-state index contributed by atoms with van der Waals surface area (Å²) in [5.74, 6) is -0.788. The summed E-state index contributed by atoms with van der Waals surface area (Å²) >= 11 is 0. The summed E-state index contributed by atoms with van der Waals surface area (Å²) in [7, 11) is 0. The van der Waals surface area contributed by atoms with Crippen LogP contribution in [-0.2, 0) is 4.79 Å². The van der Waals surface area contributed by atoms with Crippen molar-refractivity contribution >= 4 is 12.0 Å². The molecule has 1 atom stereocenters. The monoisotopic (exact) mass is 285 g/mol. The summed E-state index contributed by atoms with van der Waals surface area (Å²) in [5.41, 5.74) is 0. The molecule has 1 aliphatic heterocycles. The minimum Gasteiger partial charge on any atom is -0.481 e. The molecule has 1 heterocycles. The second-order valence-electron chi connectivity index (χ2n) is 5.49. The van der Waals surface area contributed by atoms with Crippen LogP contribution in [0.1, 0.15) is 45.4 Å². The molecule has 0 aromatic carbocycles. The molecule has 1 rings (SSSR count). The Kier molecular flexibility index (Phi) is 8.02. The predicted molar refractivity (Wildman–Crippen MR) is 77.8 cm³/mol. The average Bonchev–Trinajstić information content (AvgIpc) is 2.87. The Morgan fingerprint density at radius 2 is 1.95 bits per heavy atom. The van der Waals surface area contributed by atoms with Gasteiger partial charge in [-0.2, -0.15) is 0 Å². The van der Waals surface area contributed by atoms with Crippen LogP contribution in [0.5, 0.6) is 0 Å². The van der Waals surface area contributed by atoms with Crippen molar-refractivity contribution < 1.29 is 14.7 Å². The maximum absolute atomic E-state index is 11.6. The van der Waals surface area contributed by atoms with Crippen molar-refractivity contribution in [1.82, 2.24) is 15.5 Å². The summed E-state index contributed by atoms with van der Waals surface area (Å²) < 4.78 is 0. The molecule has 1 fully saturated rings. The molecule has 116 valence electrons. The zero-order valence-corrected chi connectivity index (χ0v) is 12.4.